The Kier molecular flexibility index (Phi) is 4.91. The summed E-state index contributed by atoms with van der Waals surface area (Å²) in [4.78, 5) is 0.272. The second kappa shape index (κ2) is 6.34. The van der Waals surface area contributed by atoms with Crippen molar-refractivity contribution in [3.8, 4) is 0 Å². The molecule has 114 valence electrons. The van der Waals surface area contributed by atoms with Crippen molar-refractivity contribution in [1.29, 1.82) is 0 Å². The lowest BCUT2D eigenvalue weighted by Gasteiger charge is -2.25. The largest absolute Gasteiger partial charge is 0.465 e. The summed E-state index contributed by atoms with van der Waals surface area (Å²) in [7, 11) is -3.57. The molecule has 0 atom stereocenters. The molecule has 0 saturated carbocycles. The van der Waals surface area contributed by atoms with Gasteiger partial charge in [-0.15, -0.1) is 0 Å². The summed E-state index contributed by atoms with van der Waals surface area (Å²) in [5.41, 5.74) is 0. The number of furan rings is 1. The standard InChI is InChI=1S/C15H18BrNO3S/c1-11(2)17(10-14-8-7-12(3)20-14)21(18,19)15-6-4-5-13(16)9-15/h4-9,11H,10H2,1-3H3. The van der Waals surface area contributed by atoms with Gasteiger partial charge in [-0.2, -0.15) is 4.31 Å². The summed E-state index contributed by atoms with van der Waals surface area (Å²) < 4.78 is 33.3. The molecule has 0 N–H and O–H groups in total. The van der Waals surface area contributed by atoms with Crippen LogP contribution in [0.25, 0.3) is 0 Å². The number of sulfonamides is 1. The number of halogens is 1. The Morgan fingerprint density at radius 1 is 1.24 bits per heavy atom. The Hall–Kier alpha value is -1.11. The zero-order valence-corrected chi connectivity index (χ0v) is 14.6. The number of benzene rings is 1. The summed E-state index contributed by atoms with van der Waals surface area (Å²) in [5, 5.41) is 0. The zero-order chi connectivity index (χ0) is 15.6. The van der Waals surface area contributed by atoms with Crippen LogP contribution in [0.1, 0.15) is 25.4 Å². The minimum atomic E-state index is -3.57. The van der Waals surface area contributed by atoms with Crippen molar-refractivity contribution < 1.29 is 12.8 Å². The van der Waals surface area contributed by atoms with Crippen molar-refractivity contribution in [2.75, 3.05) is 0 Å². The maximum absolute atomic E-state index is 12.8. The number of nitrogens with zero attached hydrogens (tertiary/aromatic N) is 1. The molecule has 0 bridgehead atoms. The normalized spacial score (nSPS) is 12.3. The molecule has 1 aromatic heterocycles. The van der Waals surface area contributed by atoms with Gasteiger partial charge in [0, 0.05) is 10.5 Å². The van der Waals surface area contributed by atoms with Crippen LogP contribution in [0.15, 0.2) is 50.2 Å². The Bertz CT molecular complexity index is 722. The summed E-state index contributed by atoms with van der Waals surface area (Å²) in [6.07, 6.45) is 0. The first kappa shape index (κ1) is 16.3. The second-order valence-electron chi connectivity index (χ2n) is 5.11. The molecule has 0 spiro atoms. The maximum Gasteiger partial charge on any atom is 0.243 e. The van der Waals surface area contributed by atoms with Crippen LogP contribution in [-0.2, 0) is 16.6 Å². The van der Waals surface area contributed by atoms with Gasteiger partial charge in [-0.25, -0.2) is 8.42 Å². The highest BCUT2D eigenvalue weighted by Gasteiger charge is 2.28. The lowest BCUT2D eigenvalue weighted by molar-refractivity contribution is 0.314. The summed E-state index contributed by atoms with van der Waals surface area (Å²) in [6, 6.07) is 10.2. The fourth-order valence-electron chi connectivity index (χ4n) is 2.03. The molecule has 0 fully saturated rings. The van der Waals surface area contributed by atoms with E-state index in [4.69, 9.17) is 4.42 Å². The van der Waals surface area contributed by atoms with E-state index in [-0.39, 0.29) is 17.5 Å². The van der Waals surface area contributed by atoms with E-state index in [0.29, 0.717) is 5.76 Å². The highest BCUT2D eigenvalue weighted by atomic mass is 79.9. The number of aryl methyl sites for hydroxylation is 1. The Morgan fingerprint density at radius 3 is 2.48 bits per heavy atom. The van der Waals surface area contributed by atoms with Crippen molar-refractivity contribution in [3.05, 3.63) is 52.4 Å². The van der Waals surface area contributed by atoms with Crippen molar-refractivity contribution >= 4 is 26.0 Å². The van der Waals surface area contributed by atoms with E-state index in [1.807, 2.05) is 26.8 Å². The quantitative estimate of drug-likeness (QED) is 0.799. The predicted molar refractivity (Wildman–Crippen MR) is 85.5 cm³/mol. The first-order valence-electron chi connectivity index (χ1n) is 6.63. The maximum atomic E-state index is 12.8. The number of hydrogen-bond donors (Lipinski definition) is 0. The second-order valence-corrected chi connectivity index (χ2v) is 7.92. The monoisotopic (exact) mass is 371 g/mol. The van der Waals surface area contributed by atoms with Gasteiger partial charge in [-0.05, 0) is 51.1 Å². The van der Waals surface area contributed by atoms with Crippen molar-refractivity contribution in [2.45, 2.75) is 38.3 Å². The molecule has 0 amide bonds. The average molecular weight is 372 g/mol. The third-order valence-corrected chi connectivity index (χ3v) is 5.60. The Balaban J connectivity index is 2.37. The van der Waals surface area contributed by atoms with Crippen molar-refractivity contribution in [1.82, 2.24) is 4.31 Å². The van der Waals surface area contributed by atoms with E-state index in [2.05, 4.69) is 15.9 Å². The smallest absolute Gasteiger partial charge is 0.243 e. The highest BCUT2D eigenvalue weighted by molar-refractivity contribution is 9.10. The molecule has 6 heteroatoms. The van der Waals surface area contributed by atoms with Crippen LogP contribution in [0.4, 0.5) is 0 Å². The lowest BCUT2D eigenvalue weighted by Crippen LogP contribution is -2.36. The van der Waals surface area contributed by atoms with E-state index in [1.54, 1.807) is 30.3 Å². The molecule has 21 heavy (non-hydrogen) atoms. The van der Waals surface area contributed by atoms with Crippen LogP contribution >= 0.6 is 15.9 Å². The van der Waals surface area contributed by atoms with Crippen molar-refractivity contribution in [2.24, 2.45) is 0 Å². The van der Waals surface area contributed by atoms with Crippen LogP contribution in [0, 0.1) is 6.92 Å². The summed E-state index contributed by atoms with van der Waals surface area (Å²) >= 11 is 3.31. The molecule has 4 nitrogen and oxygen atoms in total. The van der Waals surface area contributed by atoms with Crippen molar-refractivity contribution in [3.63, 3.8) is 0 Å². The molecule has 1 aromatic carbocycles. The van der Waals surface area contributed by atoms with Gasteiger partial charge in [0.15, 0.2) is 0 Å². The molecule has 2 aromatic rings. The highest BCUT2D eigenvalue weighted by Crippen LogP contribution is 2.24. The summed E-state index contributed by atoms with van der Waals surface area (Å²) in [6.45, 7) is 5.77. The van der Waals surface area contributed by atoms with E-state index in [1.165, 1.54) is 4.31 Å². The molecule has 0 aliphatic heterocycles. The molecule has 2 rings (SSSR count). The molecular weight excluding hydrogens is 354 g/mol. The fourth-order valence-corrected chi connectivity index (χ4v) is 4.23. The molecule has 1 heterocycles. The SMILES string of the molecule is Cc1ccc(CN(C(C)C)S(=O)(=O)c2cccc(Br)c2)o1. The van der Waals surface area contributed by atoms with Gasteiger partial charge in [0.05, 0.1) is 11.4 Å². The van der Waals surface area contributed by atoms with Gasteiger partial charge in [0.2, 0.25) is 10.0 Å². The number of hydrogen-bond acceptors (Lipinski definition) is 3. The zero-order valence-electron chi connectivity index (χ0n) is 12.2. The molecular formula is C15H18BrNO3S. The van der Waals surface area contributed by atoms with Crippen LogP contribution in [0.5, 0.6) is 0 Å². The van der Waals surface area contributed by atoms with Crippen LogP contribution < -0.4 is 0 Å². The molecule has 0 aliphatic rings. The topological polar surface area (TPSA) is 50.5 Å². The average Bonchev–Trinajstić information content (AvgIpc) is 2.81. The Morgan fingerprint density at radius 2 is 1.95 bits per heavy atom. The third-order valence-electron chi connectivity index (χ3n) is 3.09. The van der Waals surface area contributed by atoms with Crippen LogP contribution in [-0.4, -0.2) is 18.8 Å². The van der Waals surface area contributed by atoms with Crippen LogP contribution in [0.2, 0.25) is 0 Å². The number of rotatable bonds is 5. The minimum absolute atomic E-state index is 0.167. The lowest BCUT2D eigenvalue weighted by atomic mass is 10.3. The van der Waals surface area contributed by atoms with E-state index < -0.39 is 10.0 Å². The van der Waals surface area contributed by atoms with E-state index >= 15 is 0 Å². The van der Waals surface area contributed by atoms with Gasteiger partial charge in [0.1, 0.15) is 11.5 Å². The van der Waals surface area contributed by atoms with Crippen LogP contribution in [0.3, 0.4) is 0 Å². The fraction of sp³-hybridized carbons (Fsp3) is 0.333. The summed E-state index contributed by atoms with van der Waals surface area (Å²) in [5.74, 6) is 1.41. The first-order valence-corrected chi connectivity index (χ1v) is 8.87. The molecule has 0 radical (unpaired) electrons. The molecule has 0 saturated heterocycles. The first-order chi connectivity index (χ1) is 9.80. The van der Waals surface area contributed by atoms with Gasteiger partial charge in [0.25, 0.3) is 0 Å². The van der Waals surface area contributed by atoms with Gasteiger partial charge < -0.3 is 4.42 Å². The third kappa shape index (κ3) is 3.75. The van der Waals surface area contributed by atoms with Gasteiger partial charge in [-0.3, -0.25) is 0 Å². The minimum Gasteiger partial charge on any atom is -0.465 e. The van der Waals surface area contributed by atoms with Gasteiger partial charge in [-0.1, -0.05) is 22.0 Å². The predicted octanol–water partition coefficient (Wildman–Crippen LogP) is 3.95. The van der Waals surface area contributed by atoms with Gasteiger partial charge >= 0.3 is 0 Å². The van der Waals surface area contributed by atoms with E-state index in [0.717, 1.165) is 10.2 Å². The Labute approximate surface area is 133 Å². The molecule has 0 unspecified atom stereocenters. The molecule has 0 aliphatic carbocycles. The van der Waals surface area contributed by atoms with E-state index in [9.17, 15) is 8.42 Å².